The van der Waals surface area contributed by atoms with Crippen LogP contribution in [0.4, 0.5) is 5.69 Å². The fourth-order valence-electron chi connectivity index (χ4n) is 1.80. The van der Waals surface area contributed by atoms with Gasteiger partial charge in [-0.2, -0.15) is 0 Å². The Kier molecular flexibility index (Phi) is 3.62. The molecule has 0 saturated heterocycles. The Bertz CT molecular complexity index is 412. The molecule has 0 aliphatic carbocycles. The van der Waals surface area contributed by atoms with Crippen LogP contribution in [0.1, 0.15) is 13.8 Å². The van der Waals surface area contributed by atoms with Crippen LogP contribution in [-0.2, 0) is 0 Å². The van der Waals surface area contributed by atoms with Crippen molar-refractivity contribution in [3.8, 4) is 5.75 Å². The molecule has 0 fully saturated rings. The molecule has 3 nitrogen and oxygen atoms in total. The van der Waals surface area contributed by atoms with Gasteiger partial charge in [-0.05, 0) is 38.1 Å². The van der Waals surface area contributed by atoms with E-state index in [2.05, 4.69) is 24.2 Å². The Morgan fingerprint density at radius 2 is 2.00 bits per heavy atom. The van der Waals surface area contributed by atoms with Crippen molar-refractivity contribution in [1.82, 2.24) is 0 Å². The topological polar surface area (TPSA) is 33.6 Å². The highest BCUT2D eigenvalue weighted by atomic mass is 32.2. The largest absolute Gasteiger partial charge is 0.497 e. The van der Waals surface area contributed by atoms with Crippen LogP contribution < -0.4 is 10.1 Å². The minimum Gasteiger partial charge on any atom is -0.497 e. The summed E-state index contributed by atoms with van der Waals surface area (Å²) in [6, 6.07) is 7.98. The quantitative estimate of drug-likeness (QED) is 0.891. The van der Waals surface area contributed by atoms with E-state index in [1.165, 1.54) is 5.04 Å². The molecule has 1 aromatic carbocycles. The standard InChI is InChI=1S/C13H18N2OS/c1-13(2,12-14-8-9-17-12)15-10-4-6-11(16-3)7-5-10/h4-7,15H,8-9H2,1-3H3. The van der Waals surface area contributed by atoms with Crippen LogP contribution in [0.2, 0.25) is 0 Å². The minimum atomic E-state index is -0.101. The summed E-state index contributed by atoms with van der Waals surface area (Å²) in [5, 5.41) is 4.69. The Morgan fingerprint density at radius 1 is 1.29 bits per heavy atom. The molecular formula is C13H18N2OS. The van der Waals surface area contributed by atoms with Crippen molar-refractivity contribution < 1.29 is 4.74 Å². The lowest BCUT2D eigenvalue weighted by molar-refractivity contribution is 0.415. The van der Waals surface area contributed by atoms with Gasteiger partial charge >= 0.3 is 0 Å². The molecule has 0 bridgehead atoms. The number of ether oxygens (including phenoxy) is 1. The SMILES string of the molecule is COc1ccc(NC(C)(C)C2=NCCS2)cc1. The second-order valence-electron chi connectivity index (χ2n) is 4.51. The van der Waals surface area contributed by atoms with E-state index in [9.17, 15) is 0 Å². The Balaban J connectivity index is 2.08. The Morgan fingerprint density at radius 3 is 2.53 bits per heavy atom. The van der Waals surface area contributed by atoms with E-state index in [-0.39, 0.29) is 5.54 Å². The van der Waals surface area contributed by atoms with Crippen LogP contribution in [0.3, 0.4) is 0 Å². The van der Waals surface area contributed by atoms with Crippen LogP contribution in [0.15, 0.2) is 29.3 Å². The van der Waals surface area contributed by atoms with Crippen molar-refractivity contribution in [1.29, 1.82) is 0 Å². The molecule has 17 heavy (non-hydrogen) atoms. The molecule has 1 aliphatic rings. The summed E-state index contributed by atoms with van der Waals surface area (Å²) < 4.78 is 5.14. The highest BCUT2D eigenvalue weighted by Gasteiger charge is 2.27. The van der Waals surface area contributed by atoms with Gasteiger partial charge in [-0.1, -0.05) is 0 Å². The Labute approximate surface area is 107 Å². The number of methoxy groups -OCH3 is 1. The van der Waals surface area contributed by atoms with Crippen molar-refractivity contribution in [3.05, 3.63) is 24.3 Å². The van der Waals surface area contributed by atoms with E-state index >= 15 is 0 Å². The van der Waals surface area contributed by atoms with Crippen molar-refractivity contribution in [2.24, 2.45) is 4.99 Å². The molecule has 0 saturated carbocycles. The number of rotatable bonds is 4. The molecule has 0 aromatic heterocycles. The first-order chi connectivity index (χ1) is 8.12. The fourth-order valence-corrected chi connectivity index (χ4v) is 2.77. The summed E-state index contributed by atoms with van der Waals surface area (Å²) in [6.45, 7) is 5.26. The third-order valence-electron chi connectivity index (χ3n) is 2.67. The van der Waals surface area contributed by atoms with Gasteiger partial charge in [-0.25, -0.2) is 0 Å². The van der Waals surface area contributed by atoms with Crippen LogP contribution in [-0.4, -0.2) is 30.0 Å². The van der Waals surface area contributed by atoms with E-state index < -0.39 is 0 Å². The number of aliphatic imine (C=N–C) groups is 1. The first-order valence-electron chi connectivity index (χ1n) is 5.72. The second kappa shape index (κ2) is 5.00. The minimum absolute atomic E-state index is 0.101. The molecule has 0 spiro atoms. The normalized spacial score (nSPS) is 15.6. The van der Waals surface area contributed by atoms with E-state index in [0.717, 1.165) is 23.7 Å². The third kappa shape index (κ3) is 2.94. The molecule has 0 radical (unpaired) electrons. The van der Waals surface area contributed by atoms with E-state index in [1.807, 2.05) is 36.0 Å². The van der Waals surface area contributed by atoms with Crippen LogP contribution >= 0.6 is 11.8 Å². The molecule has 1 N–H and O–H groups in total. The first kappa shape index (κ1) is 12.3. The molecule has 0 amide bonds. The van der Waals surface area contributed by atoms with E-state index in [1.54, 1.807) is 7.11 Å². The number of anilines is 1. The molecule has 1 heterocycles. The number of thioether (sulfide) groups is 1. The summed E-state index contributed by atoms with van der Waals surface area (Å²) in [5.41, 5.74) is 0.987. The highest BCUT2D eigenvalue weighted by Crippen LogP contribution is 2.26. The zero-order valence-electron chi connectivity index (χ0n) is 10.5. The first-order valence-corrected chi connectivity index (χ1v) is 6.70. The zero-order valence-corrected chi connectivity index (χ0v) is 11.3. The maximum Gasteiger partial charge on any atom is 0.119 e. The van der Waals surface area contributed by atoms with Gasteiger partial charge in [-0.15, -0.1) is 11.8 Å². The lowest BCUT2D eigenvalue weighted by Crippen LogP contribution is -2.37. The molecule has 4 heteroatoms. The second-order valence-corrected chi connectivity index (χ2v) is 5.60. The van der Waals surface area contributed by atoms with Crippen molar-refractivity contribution >= 4 is 22.5 Å². The van der Waals surface area contributed by atoms with Gasteiger partial charge in [0.2, 0.25) is 0 Å². The number of benzene rings is 1. The van der Waals surface area contributed by atoms with Crippen molar-refractivity contribution in [2.75, 3.05) is 24.7 Å². The predicted octanol–water partition coefficient (Wildman–Crippen LogP) is 3.03. The smallest absolute Gasteiger partial charge is 0.119 e. The number of nitrogens with zero attached hydrogens (tertiary/aromatic N) is 1. The lowest BCUT2D eigenvalue weighted by atomic mass is 10.1. The van der Waals surface area contributed by atoms with Crippen LogP contribution in [0, 0.1) is 0 Å². The monoisotopic (exact) mass is 250 g/mol. The predicted molar refractivity (Wildman–Crippen MR) is 75.5 cm³/mol. The van der Waals surface area contributed by atoms with Crippen LogP contribution in [0.25, 0.3) is 0 Å². The molecule has 0 atom stereocenters. The van der Waals surface area contributed by atoms with Crippen molar-refractivity contribution in [2.45, 2.75) is 19.4 Å². The maximum atomic E-state index is 5.14. The van der Waals surface area contributed by atoms with Gasteiger partial charge in [-0.3, -0.25) is 4.99 Å². The number of hydrogen-bond acceptors (Lipinski definition) is 4. The van der Waals surface area contributed by atoms with Gasteiger partial charge in [0, 0.05) is 18.0 Å². The van der Waals surface area contributed by atoms with E-state index in [0.29, 0.717) is 0 Å². The molecule has 2 rings (SSSR count). The average molecular weight is 250 g/mol. The molecule has 1 aliphatic heterocycles. The third-order valence-corrected chi connectivity index (χ3v) is 3.97. The number of nitrogens with one attached hydrogen (secondary N) is 1. The molecule has 92 valence electrons. The molecule has 0 unspecified atom stereocenters. The van der Waals surface area contributed by atoms with Crippen LogP contribution in [0.5, 0.6) is 5.75 Å². The fraction of sp³-hybridized carbons (Fsp3) is 0.462. The molecular weight excluding hydrogens is 232 g/mol. The summed E-state index contributed by atoms with van der Waals surface area (Å²) in [6.07, 6.45) is 0. The Hall–Kier alpha value is -1.16. The van der Waals surface area contributed by atoms with Gasteiger partial charge in [0.15, 0.2) is 0 Å². The summed E-state index contributed by atoms with van der Waals surface area (Å²) >= 11 is 1.84. The van der Waals surface area contributed by atoms with Gasteiger partial charge in [0.25, 0.3) is 0 Å². The van der Waals surface area contributed by atoms with Crippen molar-refractivity contribution in [3.63, 3.8) is 0 Å². The van der Waals surface area contributed by atoms with Gasteiger partial charge in [0.1, 0.15) is 5.75 Å². The maximum absolute atomic E-state index is 5.14. The summed E-state index contributed by atoms with van der Waals surface area (Å²) in [5.74, 6) is 1.98. The molecule has 1 aromatic rings. The lowest BCUT2D eigenvalue weighted by Gasteiger charge is -2.27. The van der Waals surface area contributed by atoms with E-state index in [4.69, 9.17) is 4.74 Å². The summed E-state index contributed by atoms with van der Waals surface area (Å²) in [7, 11) is 1.68. The zero-order chi connectivity index (χ0) is 12.3. The summed E-state index contributed by atoms with van der Waals surface area (Å²) in [4.78, 5) is 4.53. The number of hydrogen-bond donors (Lipinski definition) is 1. The average Bonchev–Trinajstić information content (AvgIpc) is 2.84. The van der Waals surface area contributed by atoms with Gasteiger partial charge in [0.05, 0.1) is 17.7 Å². The highest BCUT2D eigenvalue weighted by molar-refractivity contribution is 8.14. The van der Waals surface area contributed by atoms with Gasteiger partial charge < -0.3 is 10.1 Å².